The highest BCUT2D eigenvalue weighted by Crippen LogP contribution is 2.14. The van der Waals surface area contributed by atoms with Crippen LogP contribution in [0.1, 0.15) is 30.9 Å². The van der Waals surface area contributed by atoms with Crippen LogP contribution in [0.3, 0.4) is 0 Å². The molecule has 3 N–H and O–H groups in total. The SMILES string of the molecule is CC(C)c1ccc(C(=N)N)cc1. The summed E-state index contributed by atoms with van der Waals surface area (Å²) in [4.78, 5) is 0. The van der Waals surface area contributed by atoms with E-state index in [0.717, 1.165) is 5.56 Å². The van der Waals surface area contributed by atoms with Crippen molar-refractivity contribution in [1.82, 2.24) is 0 Å². The van der Waals surface area contributed by atoms with Crippen LogP contribution in [0, 0.1) is 5.41 Å². The average Bonchev–Trinajstić information content (AvgIpc) is 2.04. The normalized spacial score (nSPS) is 10.2. The second-order valence-electron chi connectivity index (χ2n) is 3.19. The smallest absolute Gasteiger partial charge is 0.122 e. The lowest BCUT2D eigenvalue weighted by Crippen LogP contribution is -2.10. The van der Waals surface area contributed by atoms with Gasteiger partial charge in [-0.05, 0) is 11.5 Å². The minimum absolute atomic E-state index is 0.130. The van der Waals surface area contributed by atoms with Crippen molar-refractivity contribution in [3.8, 4) is 0 Å². The van der Waals surface area contributed by atoms with Crippen LogP contribution in [0.5, 0.6) is 0 Å². The van der Waals surface area contributed by atoms with E-state index in [0.29, 0.717) is 5.92 Å². The highest BCUT2D eigenvalue weighted by Gasteiger charge is 1.99. The molecule has 64 valence electrons. The minimum Gasteiger partial charge on any atom is -0.384 e. The molecule has 12 heavy (non-hydrogen) atoms. The van der Waals surface area contributed by atoms with E-state index >= 15 is 0 Å². The van der Waals surface area contributed by atoms with Crippen molar-refractivity contribution in [3.63, 3.8) is 0 Å². The van der Waals surface area contributed by atoms with E-state index in [1.54, 1.807) is 0 Å². The Kier molecular flexibility index (Phi) is 2.48. The fourth-order valence-electron chi connectivity index (χ4n) is 1.05. The first-order valence-corrected chi connectivity index (χ1v) is 4.05. The van der Waals surface area contributed by atoms with Crippen LogP contribution in [0.15, 0.2) is 24.3 Å². The summed E-state index contributed by atoms with van der Waals surface area (Å²) in [7, 11) is 0. The molecule has 1 aromatic carbocycles. The zero-order valence-electron chi connectivity index (χ0n) is 7.46. The Labute approximate surface area is 72.9 Å². The molecule has 2 nitrogen and oxygen atoms in total. The molecule has 0 fully saturated rings. The van der Waals surface area contributed by atoms with Gasteiger partial charge >= 0.3 is 0 Å². The van der Waals surface area contributed by atoms with Crippen molar-refractivity contribution in [3.05, 3.63) is 35.4 Å². The van der Waals surface area contributed by atoms with Crippen LogP contribution in [0.4, 0.5) is 0 Å². The summed E-state index contributed by atoms with van der Waals surface area (Å²) in [6, 6.07) is 7.80. The largest absolute Gasteiger partial charge is 0.384 e. The summed E-state index contributed by atoms with van der Waals surface area (Å²) in [6.45, 7) is 4.28. The zero-order valence-corrected chi connectivity index (χ0v) is 7.46. The van der Waals surface area contributed by atoms with Gasteiger partial charge in [0.15, 0.2) is 0 Å². The van der Waals surface area contributed by atoms with E-state index in [4.69, 9.17) is 11.1 Å². The molecule has 0 amide bonds. The lowest BCUT2D eigenvalue weighted by atomic mass is 10.0. The Morgan fingerprint density at radius 2 is 1.75 bits per heavy atom. The highest BCUT2D eigenvalue weighted by molar-refractivity contribution is 5.94. The van der Waals surface area contributed by atoms with Gasteiger partial charge in [0.25, 0.3) is 0 Å². The molecule has 2 heteroatoms. The molecule has 1 rings (SSSR count). The molecule has 0 aliphatic carbocycles. The molecular formula is C10H14N2. The fourth-order valence-corrected chi connectivity index (χ4v) is 1.05. The summed E-state index contributed by atoms with van der Waals surface area (Å²) in [5.41, 5.74) is 7.39. The Morgan fingerprint density at radius 3 is 2.08 bits per heavy atom. The van der Waals surface area contributed by atoms with Gasteiger partial charge in [0, 0.05) is 5.56 Å². The van der Waals surface area contributed by atoms with Crippen LogP contribution in [0.25, 0.3) is 0 Å². The summed E-state index contributed by atoms with van der Waals surface area (Å²) in [5, 5.41) is 7.19. The minimum atomic E-state index is 0.130. The maximum absolute atomic E-state index is 7.19. The molecule has 0 aliphatic heterocycles. The van der Waals surface area contributed by atoms with Crippen molar-refractivity contribution in [2.24, 2.45) is 5.73 Å². The maximum Gasteiger partial charge on any atom is 0.122 e. The number of nitrogen functional groups attached to an aromatic ring is 1. The lowest BCUT2D eigenvalue weighted by molar-refractivity contribution is 0.866. The molecule has 0 saturated heterocycles. The van der Waals surface area contributed by atoms with Crippen molar-refractivity contribution in [2.75, 3.05) is 0 Å². The number of amidine groups is 1. The van der Waals surface area contributed by atoms with Gasteiger partial charge in [-0.25, -0.2) is 0 Å². The topological polar surface area (TPSA) is 49.9 Å². The summed E-state index contributed by atoms with van der Waals surface area (Å²) >= 11 is 0. The first kappa shape index (κ1) is 8.78. The first-order valence-electron chi connectivity index (χ1n) is 4.05. The van der Waals surface area contributed by atoms with Gasteiger partial charge in [-0.15, -0.1) is 0 Å². The lowest BCUT2D eigenvalue weighted by Gasteiger charge is -2.05. The molecule has 0 aliphatic rings. The standard InChI is InChI=1S/C10H14N2/c1-7(2)8-3-5-9(6-4-8)10(11)12/h3-7H,1-2H3,(H3,11,12). The molecule has 0 atom stereocenters. The summed E-state index contributed by atoms with van der Waals surface area (Å²) < 4.78 is 0. The number of rotatable bonds is 2. The second kappa shape index (κ2) is 3.39. The first-order chi connectivity index (χ1) is 5.61. The molecule has 0 aromatic heterocycles. The third kappa shape index (κ3) is 1.84. The van der Waals surface area contributed by atoms with Gasteiger partial charge in [-0.2, -0.15) is 0 Å². The molecule has 0 radical (unpaired) electrons. The average molecular weight is 162 g/mol. The Morgan fingerprint density at radius 1 is 1.25 bits per heavy atom. The molecule has 0 saturated carbocycles. The van der Waals surface area contributed by atoms with E-state index in [9.17, 15) is 0 Å². The van der Waals surface area contributed by atoms with E-state index in [1.807, 2.05) is 24.3 Å². The fraction of sp³-hybridized carbons (Fsp3) is 0.300. The predicted molar refractivity (Wildman–Crippen MR) is 51.5 cm³/mol. The molecule has 0 unspecified atom stereocenters. The van der Waals surface area contributed by atoms with Gasteiger partial charge in [-0.3, -0.25) is 5.41 Å². The molecule has 0 spiro atoms. The van der Waals surface area contributed by atoms with Gasteiger partial charge in [-0.1, -0.05) is 38.1 Å². The van der Waals surface area contributed by atoms with Gasteiger partial charge in [0.2, 0.25) is 0 Å². The molecule has 0 heterocycles. The van der Waals surface area contributed by atoms with Crippen LogP contribution >= 0.6 is 0 Å². The quantitative estimate of drug-likeness (QED) is 0.507. The Balaban J connectivity index is 2.93. The van der Waals surface area contributed by atoms with E-state index < -0.39 is 0 Å². The number of nitrogens with one attached hydrogen (secondary N) is 1. The van der Waals surface area contributed by atoms with E-state index in [1.165, 1.54) is 5.56 Å². The Hall–Kier alpha value is -1.31. The molecular weight excluding hydrogens is 148 g/mol. The van der Waals surface area contributed by atoms with Crippen LogP contribution in [-0.4, -0.2) is 5.84 Å². The Bertz CT molecular complexity index is 272. The van der Waals surface area contributed by atoms with E-state index in [2.05, 4.69) is 13.8 Å². The zero-order chi connectivity index (χ0) is 9.14. The van der Waals surface area contributed by atoms with Crippen molar-refractivity contribution >= 4 is 5.84 Å². The maximum atomic E-state index is 7.19. The third-order valence-corrected chi connectivity index (χ3v) is 1.89. The number of hydrogen-bond donors (Lipinski definition) is 2. The van der Waals surface area contributed by atoms with Gasteiger partial charge < -0.3 is 5.73 Å². The summed E-state index contributed by atoms with van der Waals surface area (Å²) in [5.74, 6) is 0.663. The number of hydrogen-bond acceptors (Lipinski definition) is 1. The van der Waals surface area contributed by atoms with Gasteiger partial charge in [0.05, 0.1) is 0 Å². The predicted octanol–water partition coefficient (Wildman–Crippen LogP) is 2.09. The van der Waals surface area contributed by atoms with Gasteiger partial charge in [0.1, 0.15) is 5.84 Å². The van der Waals surface area contributed by atoms with Crippen LogP contribution < -0.4 is 5.73 Å². The molecule has 0 bridgehead atoms. The summed E-state index contributed by atoms with van der Waals surface area (Å²) in [6.07, 6.45) is 0. The van der Waals surface area contributed by atoms with Crippen molar-refractivity contribution < 1.29 is 0 Å². The van der Waals surface area contributed by atoms with E-state index in [-0.39, 0.29) is 5.84 Å². The second-order valence-corrected chi connectivity index (χ2v) is 3.19. The highest BCUT2D eigenvalue weighted by atomic mass is 14.7. The molecule has 1 aromatic rings. The van der Waals surface area contributed by atoms with Crippen molar-refractivity contribution in [2.45, 2.75) is 19.8 Å². The monoisotopic (exact) mass is 162 g/mol. The van der Waals surface area contributed by atoms with Crippen molar-refractivity contribution in [1.29, 1.82) is 5.41 Å². The number of nitrogens with two attached hydrogens (primary N) is 1. The third-order valence-electron chi connectivity index (χ3n) is 1.89. The van der Waals surface area contributed by atoms with Crippen LogP contribution in [-0.2, 0) is 0 Å². The number of benzene rings is 1. The van der Waals surface area contributed by atoms with Crippen LogP contribution in [0.2, 0.25) is 0 Å².